The van der Waals surface area contributed by atoms with Crippen LogP contribution < -0.4 is 0 Å². The van der Waals surface area contributed by atoms with Gasteiger partial charge in [0.25, 0.3) is 0 Å². The number of hydrogen-bond donors (Lipinski definition) is 1. The average molecular weight is 308 g/mol. The second-order valence-electron chi connectivity index (χ2n) is 6.51. The molecule has 1 aromatic carbocycles. The van der Waals surface area contributed by atoms with E-state index in [0.717, 1.165) is 19.5 Å². The van der Waals surface area contributed by atoms with Crippen molar-refractivity contribution in [3.05, 3.63) is 34.9 Å². The number of piperidine rings is 1. The zero-order valence-corrected chi connectivity index (χ0v) is 13.5. The molecule has 0 bridgehead atoms. The number of fused-ring (bicyclic) bond motifs is 1. The summed E-state index contributed by atoms with van der Waals surface area (Å²) >= 11 is 6.70. The van der Waals surface area contributed by atoms with Crippen LogP contribution in [0.2, 0.25) is 0 Å². The molecule has 2 aliphatic rings. The van der Waals surface area contributed by atoms with Gasteiger partial charge in [-0.1, -0.05) is 24.6 Å². The zero-order chi connectivity index (χ0) is 14.7. The Morgan fingerprint density at radius 1 is 1.19 bits per heavy atom. The third-order valence-corrected chi connectivity index (χ3v) is 5.48. The van der Waals surface area contributed by atoms with Gasteiger partial charge in [-0.3, -0.25) is 4.90 Å². The Bertz CT molecular complexity index is 474. The van der Waals surface area contributed by atoms with Gasteiger partial charge in [0, 0.05) is 19.2 Å². The van der Waals surface area contributed by atoms with Gasteiger partial charge in [0.1, 0.15) is 0 Å². The highest BCUT2D eigenvalue weighted by atomic mass is 35.5. The summed E-state index contributed by atoms with van der Waals surface area (Å²) in [6, 6.07) is 7.33. The Labute approximate surface area is 133 Å². The monoisotopic (exact) mass is 307 g/mol. The van der Waals surface area contributed by atoms with Gasteiger partial charge < -0.3 is 5.11 Å². The van der Waals surface area contributed by atoms with Crippen molar-refractivity contribution in [2.45, 2.75) is 56.4 Å². The van der Waals surface area contributed by atoms with Crippen molar-refractivity contribution in [2.75, 3.05) is 19.7 Å². The van der Waals surface area contributed by atoms with Crippen LogP contribution in [-0.4, -0.2) is 35.7 Å². The Kier molecular flexibility index (Phi) is 5.20. The van der Waals surface area contributed by atoms with Crippen LogP contribution in [0.5, 0.6) is 0 Å². The van der Waals surface area contributed by atoms with Crippen LogP contribution in [0.1, 0.15) is 54.2 Å². The second-order valence-corrected chi connectivity index (χ2v) is 7.03. The van der Waals surface area contributed by atoms with Crippen LogP contribution in [0.4, 0.5) is 0 Å². The summed E-state index contributed by atoms with van der Waals surface area (Å²) in [4.78, 5) is 2.49. The van der Waals surface area contributed by atoms with Crippen LogP contribution in [-0.2, 0) is 12.8 Å². The predicted octanol–water partition coefficient (Wildman–Crippen LogP) is 3.69. The molecule has 3 rings (SSSR count). The highest BCUT2D eigenvalue weighted by Crippen LogP contribution is 2.30. The number of benzene rings is 1. The molecule has 1 aromatic rings. The molecule has 2 unspecified atom stereocenters. The lowest BCUT2D eigenvalue weighted by molar-refractivity contribution is 0.119. The Hall–Kier alpha value is -0.570. The summed E-state index contributed by atoms with van der Waals surface area (Å²) in [6.07, 6.45) is 8.36. The Morgan fingerprint density at radius 2 is 2.05 bits per heavy atom. The third-order valence-electron chi connectivity index (χ3n) is 5.09. The minimum Gasteiger partial charge on any atom is -0.396 e. The maximum atomic E-state index is 9.23. The van der Waals surface area contributed by atoms with Gasteiger partial charge in [-0.05, 0) is 61.8 Å². The summed E-state index contributed by atoms with van der Waals surface area (Å²) in [5.74, 6) is 0. The van der Waals surface area contributed by atoms with Gasteiger partial charge in [0.05, 0.1) is 5.38 Å². The lowest BCUT2D eigenvalue weighted by atomic mass is 9.98. The number of nitrogens with zero attached hydrogens (tertiary/aromatic N) is 1. The van der Waals surface area contributed by atoms with Gasteiger partial charge in [0.15, 0.2) is 0 Å². The number of aliphatic hydroxyl groups excluding tert-OH is 1. The first-order valence-electron chi connectivity index (χ1n) is 8.38. The Morgan fingerprint density at radius 3 is 2.90 bits per heavy atom. The van der Waals surface area contributed by atoms with Crippen molar-refractivity contribution in [3.63, 3.8) is 0 Å². The number of halogens is 1. The molecule has 2 nitrogen and oxygen atoms in total. The maximum Gasteiger partial charge on any atom is 0.0712 e. The maximum absolute atomic E-state index is 9.23. The molecule has 1 aliphatic carbocycles. The summed E-state index contributed by atoms with van der Waals surface area (Å²) in [7, 11) is 0. The normalized spacial score (nSPS) is 24.0. The molecular weight excluding hydrogens is 282 g/mol. The van der Waals surface area contributed by atoms with Gasteiger partial charge >= 0.3 is 0 Å². The molecule has 21 heavy (non-hydrogen) atoms. The minimum atomic E-state index is 0.0650. The van der Waals surface area contributed by atoms with Crippen molar-refractivity contribution < 1.29 is 5.11 Å². The third kappa shape index (κ3) is 3.61. The van der Waals surface area contributed by atoms with Gasteiger partial charge in [-0.15, -0.1) is 11.6 Å². The Balaban J connectivity index is 1.65. The number of rotatable bonds is 5. The SMILES string of the molecule is OCCC1CCCCN1CC(Cl)c1ccc2c(c1)CCC2. The van der Waals surface area contributed by atoms with Crippen molar-refractivity contribution in [1.82, 2.24) is 4.90 Å². The molecule has 0 saturated carbocycles. The molecule has 116 valence electrons. The van der Waals surface area contributed by atoms with Gasteiger partial charge in [-0.2, -0.15) is 0 Å². The fraction of sp³-hybridized carbons (Fsp3) is 0.667. The first-order chi connectivity index (χ1) is 10.3. The predicted molar refractivity (Wildman–Crippen MR) is 88.0 cm³/mol. The molecule has 3 heteroatoms. The molecule has 1 aliphatic heterocycles. The summed E-state index contributed by atoms with van der Waals surface area (Å²) in [6.45, 7) is 2.32. The van der Waals surface area contributed by atoms with Crippen molar-refractivity contribution in [2.24, 2.45) is 0 Å². The van der Waals surface area contributed by atoms with Gasteiger partial charge in [-0.25, -0.2) is 0 Å². The quantitative estimate of drug-likeness (QED) is 0.839. The topological polar surface area (TPSA) is 23.5 Å². The fourth-order valence-corrected chi connectivity index (χ4v) is 4.19. The molecule has 1 heterocycles. The van der Waals surface area contributed by atoms with Crippen molar-refractivity contribution in [3.8, 4) is 0 Å². The van der Waals surface area contributed by atoms with Crippen LogP contribution >= 0.6 is 11.6 Å². The zero-order valence-electron chi connectivity index (χ0n) is 12.7. The van der Waals surface area contributed by atoms with E-state index in [0.29, 0.717) is 6.04 Å². The molecule has 0 radical (unpaired) electrons. The van der Waals surface area contributed by atoms with Crippen LogP contribution in [0.15, 0.2) is 18.2 Å². The molecule has 1 saturated heterocycles. The first kappa shape index (κ1) is 15.3. The van der Waals surface area contributed by atoms with Gasteiger partial charge in [0.2, 0.25) is 0 Å². The lowest BCUT2D eigenvalue weighted by Gasteiger charge is -2.36. The number of alkyl halides is 1. The molecule has 0 aromatic heterocycles. The second kappa shape index (κ2) is 7.13. The molecule has 1 fully saturated rings. The lowest BCUT2D eigenvalue weighted by Crippen LogP contribution is -2.41. The summed E-state index contributed by atoms with van der Waals surface area (Å²) < 4.78 is 0. The smallest absolute Gasteiger partial charge is 0.0712 e. The van der Waals surface area contributed by atoms with Crippen molar-refractivity contribution in [1.29, 1.82) is 0 Å². The standard InChI is InChI=1S/C18H26ClNO/c19-18(13-20-10-2-1-6-17(20)9-11-21)16-8-7-14-4-3-5-15(14)12-16/h7-8,12,17-18,21H,1-6,9-11,13H2. The van der Waals surface area contributed by atoms with E-state index in [1.807, 2.05) is 0 Å². The first-order valence-corrected chi connectivity index (χ1v) is 8.82. The molecule has 0 amide bonds. The highest BCUT2D eigenvalue weighted by molar-refractivity contribution is 6.21. The van der Waals surface area contributed by atoms with Crippen LogP contribution in [0.3, 0.4) is 0 Å². The molecule has 0 spiro atoms. The van der Waals surface area contributed by atoms with E-state index in [4.69, 9.17) is 11.6 Å². The number of likely N-dealkylation sites (tertiary alicyclic amines) is 1. The molecular formula is C18H26ClNO. The number of aliphatic hydroxyl groups is 1. The van der Waals surface area contributed by atoms with Crippen LogP contribution in [0.25, 0.3) is 0 Å². The molecule has 1 N–H and O–H groups in total. The number of hydrogen-bond acceptors (Lipinski definition) is 2. The minimum absolute atomic E-state index is 0.0650. The van der Waals surface area contributed by atoms with E-state index in [-0.39, 0.29) is 12.0 Å². The number of aryl methyl sites for hydroxylation is 2. The summed E-state index contributed by atoms with van der Waals surface area (Å²) in [5.41, 5.74) is 4.29. The van der Waals surface area contributed by atoms with Crippen molar-refractivity contribution >= 4 is 11.6 Å². The van der Waals surface area contributed by atoms with E-state index in [9.17, 15) is 5.11 Å². The van der Waals surface area contributed by atoms with E-state index < -0.39 is 0 Å². The average Bonchev–Trinajstić information content (AvgIpc) is 2.97. The molecule has 2 atom stereocenters. The fourth-order valence-electron chi connectivity index (χ4n) is 3.87. The summed E-state index contributed by atoms with van der Waals surface area (Å²) in [5, 5.41) is 9.30. The largest absolute Gasteiger partial charge is 0.396 e. The van der Waals surface area contributed by atoms with Crippen LogP contribution in [0, 0.1) is 0 Å². The van der Waals surface area contributed by atoms with E-state index in [2.05, 4.69) is 23.1 Å². The van der Waals surface area contributed by atoms with E-state index >= 15 is 0 Å². The van der Waals surface area contributed by atoms with E-state index in [1.165, 1.54) is 55.2 Å². The van der Waals surface area contributed by atoms with E-state index in [1.54, 1.807) is 0 Å². The highest BCUT2D eigenvalue weighted by Gasteiger charge is 2.25.